The van der Waals surface area contributed by atoms with Crippen molar-refractivity contribution in [2.24, 2.45) is 0 Å². The van der Waals surface area contributed by atoms with Crippen LogP contribution < -0.4 is 9.47 Å². The summed E-state index contributed by atoms with van der Waals surface area (Å²) < 4.78 is 13.3. The van der Waals surface area contributed by atoms with Crippen LogP contribution in [0.3, 0.4) is 0 Å². The SMILES string of the molecule is CCc1nnc2n1CCN(C[C@H](O)c1ccc3c(c1)OCCO3)C2. The van der Waals surface area contributed by atoms with Crippen LogP contribution in [0, 0.1) is 0 Å². The second-order valence-corrected chi connectivity index (χ2v) is 6.19. The Balaban J connectivity index is 1.44. The molecule has 0 radical (unpaired) electrons. The van der Waals surface area contributed by atoms with Gasteiger partial charge in [-0.05, 0) is 17.7 Å². The molecule has 0 saturated heterocycles. The Hall–Kier alpha value is -2.12. The van der Waals surface area contributed by atoms with Crippen LogP contribution in [0.5, 0.6) is 11.5 Å². The molecule has 0 aliphatic carbocycles. The molecule has 3 heterocycles. The van der Waals surface area contributed by atoms with E-state index < -0.39 is 6.10 Å². The van der Waals surface area contributed by atoms with Gasteiger partial charge in [-0.1, -0.05) is 13.0 Å². The Morgan fingerprint density at radius 1 is 1.17 bits per heavy atom. The standard InChI is InChI=1S/C17H22N4O3/c1-2-16-18-19-17-11-20(5-6-21(16)17)10-13(22)12-3-4-14-15(9-12)24-8-7-23-14/h3-4,9,13,22H,2,5-8,10-11H2,1H3/t13-/m0/s1. The lowest BCUT2D eigenvalue weighted by Crippen LogP contribution is -2.37. The summed E-state index contributed by atoms with van der Waals surface area (Å²) in [6.45, 7) is 6.26. The molecule has 7 nitrogen and oxygen atoms in total. The van der Waals surface area contributed by atoms with Crippen molar-refractivity contribution in [1.82, 2.24) is 19.7 Å². The number of hydrogen-bond donors (Lipinski definition) is 1. The van der Waals surface area contributed by atoms with Gasteiger partial charge >= 0.3 is 0 Å². The monoisotopic (exact) mass is 330 g/mol. The molecule has 1 atom stereocenters. The van der Waals surface area contributed by atoms with Gasteiger partial charge in [0.15, 0.2) is 11.5 Å². The maximum atomic E-state index is 10.6. The molecule has 1 aromatic carbocycles. The molecule has 0 fully saturated rings. The van der Waals surface area contributed by atoms with E-state index in [1.807, 2.05) is 18.2 Å². The molecule has 24 heavy (non-hydrogen) atoms. The van der Waals surface area contributed by atoms with E-state index in [2.05, 4.69) is 26.6 Å². The van der Waals surface area contributed by atoms with E-state index >= 15 is 0 Å². The van der Waals surface area contributed by atoms with Gasteiger partial charge < -0.3 is 19.1 Å². The van der Waals surface area contributed by atoms with Gasteiger partial charge in [0, 0.05) is 26.1 Å². The van der Waals surface area contributed by atoms with Crippen molar-refractivity contribution in [3.8, 4) is 11.5 Å². The summed E-state index contributed by atoms with van der Waals surface area (Å²) in [5, 5.41) is 19.1. The molecular formula is C17H22N4O3. The molecule has 0 amide bonds. The zero-order valence-corrected chi connectivity index (χ0v) is 13.8. The largest absolute Gasteiger partial charge is 0.486 e. The van der Waals surface area contributed by atoms with Crippen molar-refractivity contribution in [2.75, 3.05) is 26.3 Å². The fourth-order valence-electron chi connectivity index (χ4n) is 3.30. The highest BCUT2D eigenvalue weighted by atomic mass is 16.6. The third-order valence-corrected chi connectivity index (χ3v) is 4.61. The number of aliphatic hydroxyl groups is 1. The van der Waals surface area contributed by atoms with Gasteiger partial charge in [0.2, 0.25) is 0 Å². The number of β-amino-alcohol motifs (C(OH)–C–C–N with tert-alkyl or cyclic N) is 1. The van der Waals surface area contributed by atoms with Crippen LogP contribution in [-0.4, -0.2) is 51.1 Å². The fourth-order valence-corrected chi connectivity index (χ4v) is 3.30. The molecule has 2 aliphatic rings. The molecule has 7 heteroatoms. The minimum absolute atomic E-state index is 0.550. The summed E-state index contributed by atoms with van der Waals surface area (Å²) >= 11 is 0. The fraction of sp³-hybridized carbons (Fsp3) is 0.529. The van der Waals surface area contributed by atoms with Gasteiger partial charge in [-0.15, -0.1) is 10.2 Å². The van der Waals surface area contributed by atoms with E-state index in [-0.39, 0.29) is 0 Å². The van der Waals surface area contributed by atoms with E-state index in [1.54, 1.807) is 0 Å². The highest BCUT2D eigenvalue weighted by Crippen LogP contribution is 2.33. The number of ether oxygens (including phenoxy) is 2. The highest BCUT2D eigenvalue weighted by Gasteiger charge is 2.23. The summed E-state index contributed by atoms with van der Waals surface area (Å²) in [5.41, 5.74) is 0.848. The number of aryl methyl sites for hydroxylation is 1. The normalized spacial score (nSPS) is 18.2. The van der Waals surface area contributed by atoms with E-state index in [4.69, 9.17) is 9.47 Å². The molecular weight excluding hydrogens is 308 g/mol. The topological polar surface area (TPSA) is 72.6 Å². The summed E-state index contributed by atoms with van der Waals surface area (Å²) in [6, 6.07) is 5.65. The van der Waals surface area contributed by atoms with Crippen molar-refractivity contribution in [3.63, 3.8) is 0 Å². The first-order valence-electron chi connectivity index (χ1n) is 8.45. The number of benzene rings is 1. The van der Waals surface area contributed by atoms with Crippen LogP contribution in [-0.2, 0) is 19.5 Å². The number of aliphatic hydroxyl groups excluding tert-OH is 1. The number of hydrogen-bond acceptors (Lipinski definition) is 6. The summed E-state index contributed by atoms with van der Waals surface area (Å²) in [4.78, 5) is 2.21. The average Bonchev–Trinajstić information content (AvgIpc) is 3.03. The maximum Gasteiger partial charge on any atom is 0.161 e. The second-order valence-electron chi connectivity index (χ2n) is 6.19. The Morgan fingerprint density at radius 3 is 2.83 bits per heavy atom. The van der Waals surface area contributed by atoms with Crippen LogP contribution in [0.4, 0.5) is 0 Å². The Bertz CT molecular complexity index is 731. The molecule has 2 aromatic rings. The lowest BCUT2D eigenvalue weighted by Gasteiger charge is -2.29. The zero-order chi connectivity index (χ0) is 16.5. The molecule has 0 unspecified atom stereocenters. The van der Waals surface area contributed by atoms with Gasteiger partial charge in [0.05, 0.1) is 12.6 Å². The number of fused-ring (bicyclic) bond motifs is 2. The third-order valence-electron chi connectivity index (χ3n) is 4.61. The molecule has 128 valence electrons. The van der Waals surface area contributed by atoms with Crippen LogP contribution in [0.25, 0.3) is 0 Å². The summed E-state index contributed by atoms with van der Waals surface area (Å²) in [5.74, 6) is 3.48. The summed E-state index contributed by atoms with van der Waals surface area (Å²) in [6.07, 6.45) is 0.327. The number of rotatable bonds is 4. The van der Waals surface area contributed by atoms with E-state index in [1.165, 1.54) is 0 Å². The number of aromatic nitrogens is 3. The predicted octanol–water partition coefficient (Wildman–Crippen LogP) is 1.16. The van der Waals surface area contributed by atoms with Crippen molar-refractivity contribution in [1.29, 1.82) is 0 Å². The first-order chi connectivity index (χ1) is 11.7. The van der Waals surface area contributed by atoms with Crippen molar-refractivity contribution in [3.05, 3.63) is 35.4 Å². The molecule has 2 aliphatic heterocycles. The minimum atomic E-state index is -0.569. The first kappa shape index (κ1) is 15.4. The van der Waals surface area contributed by atoms with E-state index in [0.717, 1.165) is 42.5 Å². The van der Waals surface area contributed by atoms with Crippen LogP contribution in [0.1, 0.15) is 30.2 Å². The van der Waals surface area contributed by atoms with Crippen LogP contribution in [0.2, 0.25) is 0 Å². The second kappa shape index (κ2) is 6.41. The Kier molecular flexibility index (Phi) is 4.12. The van der Waals surface area contributed by atoms with Gasteiger partial charge in [0.25, 0.3) is 0 Å². The lowest BCUT2D eigenvalue weighted by atomic mass is 10.1. The molecule has 0 saturated carbocycles. The van der Waals surface area contributed by atoms with Gasteiger partial charge in [0.1, 0.15) is 24.9 Å². The van der Waals surface area contributed by atoms with Gasteiger partial charge in [-0.2, -0.15) is 0 Å². The lowest BCUT2D eigenvalue weighted by molar-refractivity contribution is 0.0952. The van der Waals surface area contributed by atoms with Crippen molar-refractivity contribution in [2.45, 2.75) is 32.5 Å². The van der Waals surface area contributed by atoms with Crippen LogP contribution in [0.15, 0.2) is 18.2 Å². The third kappa shape index (κ3) is 2.85. The summed E-state index contributed by atoms with van der Waals surface area (Å²) in [7, 11) is 0. The molecule has 0 bridgehead atoms. The average molecular weight is 330 g/mol. The molecule has 1 N–H and O–H groups in total. The highest BCUT2D eigenvalue weighted by molar-refractivity contribution is 5.44. The van der Waals surface area contributed by atoms with Crippen LogP contribution >= 0.6 is 0 Å². The first-order valence-corrected chi connectivity index (χ1v) is 8.45. The van der Waals surface area contributed by atoms with Gasteiger partial charge in [-0.25, -0.2) is 0 Å². The van der Waals surface area contributed by atoms with Crippen molar-refractivity contribution >= 4 is 0 Å². The van der Waals surface area contributed by atoms with Gasteiger partial charge in [-0.3, -0.25) is 4.90 Å². The molecule has 1 aromatic heterocycles. The number of nitrogens with zero attached hydrogens (tertiary/aromatic N) is 4. The minimum Gasteiger partial charge on any atom is -0.486 e. The van der Waals surface area contributed by atoms with E-state index in [9.17, 15) is 5.11 Å². The Labute approximate surface area is 140 Å². The smallest absolute Gasteiger partial charge is 0.161 e. The quantitative estimate of drug-likeness (QED) is 0.907. The Morgan fingerprint density at radius 2 is 2.00 bits per heavy atom. The zero-order valence-electron chi connectivity index (χ0n) is 13.8. The predicted molar refractivity (Wildman–Crippen MR) is 87.1 cm³/mol. The van der Waals surface area contributed by atoms with E-state index in [0.29, 0.717) is 32.1 Å². The molecule has 0 spiro atoms. The van der Waals surface area contributed by atoms with Crippen molar-refractivity contribution < 1.29 is 14.6 Å². The maximum absolute atomic E-state index is 10.6. The molecule has 4 rings (SSSR count).